The maximum atomic E-state index is 11.1. The second-order valence-electron chi connectivity index (χ2n) is 4.99. The molecule has 0 bridgehead atoms. The second kappa shape index (κ2) is 4.98. The molecule has 0 spiro atoms. The fourth-order valence-corrected chi connectivity index (χ4v) is 2.91. The van der Waals surface area contributed by atoms with E-state index in [-0.39, 0.29) is 12.2 Å². The van der Waals surface area contributed by atoms with E-state index in [4.69, 9.17) is 4.74 Å². The van der Waals surface area contributed by atoms with Gasteiger partial charge in [-0.2, -0.15) is 0 Å². The van der Waals surface area contributed by atoms with Gasteiger partial charge >= 0.3 is 6.09 Å². The molecule has 3 rings (SSSR count). The largest absolute Gasteiger partial charge is 0.443 e. The first-order chi connectivity index (χ1) is 8.83. The summed E-state index contributed by atoms with van der Waals surface area (Å²) in [7, 11) is 0. The van der Waals surface area contributed by atoms with Crippen molar-refractivity contribution < 1.29 is 9.53 Å². The molecule has 1 aromatic carbocycles. The van der Waals surface area contributed by atoms with Gasteiger partial charge in [-0.05, 0) is 24.9 Å². The summed E-state index contributed by atoms with van der Waals surface area (Å²) in [6.45, 7) is 2.68. The summed E-state index contributed by atoms with van der Waals surface area (Å²) in [5, 5.41) is 2.74. The molecule has 2 aliphatic heterocycles. The van der Waals surface area contributed by atoms with E-state index in [0.717, 1.165) is 19.5 Å². The maximum Gasteiger partial charge on any atom is 0.407 e. The molecule has 0 radical (unpaired) electrons. The van der Waals surface area contributed by atoms with Crippen LogP contribution in [0, 0.1) is 0 Å². The molecular weight excluding hydrogens is 228 g/mol. The third kappa shape index (κ3) is 2.34. The lowest BCUT2D eigenvalue weighted by Crippen LogP contribution is -2.40. The molecule has 0 saturated carbocycles. The third-order valence-corrected chi connectivity index (χ3v) is 3.78. The van der Waals surface area contributed by atoms with Crippen molar-refractivity contribution >= 4 is 6.09 Å². The van der Waals surface area contributed by atoms with Crippen molar-refractivity contribution in [2.45, 2.75) is 31.5 Å². The van der Waals surface area contributed by atoms with Crippen LogP contribution in [0.25, 0.3) is 0 Å². The van der Waals surface area contributed by atoms with Crippen LogP contribution in [0.5, 0.6) is 0 Å². The van der Waals surface area contributed by atoms with Gasteiger partial charge in [0.2, 0.25) is 0 Å². The summed E-state index contributed by atoms with van der Waals surface area (Å²) in [6, 6.07) is 10.8. The van der Waals surface area contributed by atoms with Gasteiger partial charge in [-0.25, -0.2) is 4.79 Å². The molecule has 0 aromatic heterocycles. The molecule has 1 amide bonds. The quantitative estimate of drug-likeness (QED) is 0.883. The number of ether oxygens (including phenoxy) is 1. The predicted octanol–water partition coefficient (Wildman–Crippen LogP) is 1.76. The molecule has 2 saturated heterocycles. The second-order valence-corrected chi connectivity index (χ2v) is 4.99. The van der Waals surface area contributed by atoms with E-state index in [0.29, 0.717) is 12.6 Å². The summed E-state index contributed by atoms with van der Waals surface area (Å²) in [6.07, 6.45) is 2.05. The van der Waals surface area contributed by atoms with Crippen molar-refractivity contribution in [2.24, 2.45) is 0 Å². The van der Waals surface area contributed by atoms with Crippen molar-refractivity contribution in [2.75, 3.05) is 13.1 Å². The zero-order chi connectivity index (χ0) is 12.4. The van der Waals surface area contributed by atoms with E-state index >= 15 is 0 Å². The smallest absolute Gasteiger partial charge is 0.407 e. The summed E-state index contributed by atoms with van der Waals surface area (Å²) in [4.78, 5) is 13.6. The van der Waals surface area contributed by atoms with Crippen LogP contribution in [0.1, 0.15) is 18.4 Å². The monoisotopic (exact) mass is 246 g/mol. The first-order valence-electron chi connectivity index (χ1n) is 6.55. The zero-order valence-electron chi connectivity index (χ0n) is 10.3. The van der Waals surface area contributed by atoms with E-state index in [1.54, 1.807) is 0 Å². The Morgan fingerprint density at radius 2 is 2.17 bits per heavy atom. The average molecular weight is 246 g/mol. The Kier molecular flexibility index (Phi) is 3.19. The van der Waals surface area contributed by atoms with Gasteiger partial charge in [0.25, 0.3) is 0 Å². The summed E-state index contributed by atoms with van der Waals surface area (Å²) < 4.78 is 5.32. The van der Waals surface area contributed by atoms with Crippen LogP contribution in [0.2, 0.25) is 0 Å². The van der Waals surface area contributed by atoms with Gasteiger partial charge in [-0.1, -0.05) is 30.3 Å². The number of alkyl carbamates (subject to hydrolysis) is 1. The lowest BCUT2D eigenvalue weighted by molar-refractivity contribution is 0.0762. The molecule has 2 aliphatic rings. The number of hydrogen-bond donors (Lipinski definition) is 1. The molecule has 0 aliphatic carbocycles. The van der Waals surface area contributed by atoms with E-state index in [1.165, 1.54) is 12.0 Å². The number of nitrogens with zero attached hydrogens (tertiary/aromatic N) is 1. The minimum absolute atomic E-state index is 0.0173. The van der Waals surface area contributed by atoms with Gasteiger partial charge in [0.05, 0.1) is 6.54 Å². The molecule has 1 N–H and O–H groups in total. The van der Waals surface area contributed by atoms with Gasteiger partial charge in [0, 0.05) is 12.6 Å². The highest BCUT2D eigenvalue weighted by Crippen LogP contribution is 2.25. The number of rotatable bonds is 3. The highest BCUT2D eigenvalue weighted by atomic mass is 16.6. The molecule has 2 unspecified atom stereocenters. The average Bonchev–Trinajstić information content (AvgIpc) is 2.99. The SMILES string of the molecule is O=C1NCC(C2CCCN2Cc2ccccc2)O1. The lowest BCUT2D eigenvalue weighted by atomic mass is 10.1. The third-order valence-electron chi connectivity index (χ3n) is 3.78. The predicted molar refractivity (Wildman–Crippen MR) is 68.1 cm³/mol. The summed E-state index contributed by atoms with van der Waals surface area (Å²) >= 11 is 0. The summed E-state index contributed by atoms with van der Waals surface area (Å²) in [5.74, 6) is 0. The number of cyclic esters (lactones) is 1. The van der Waals surface area contributed by atoms with Crippen molar-refractivity contribution in [3.8, 4) is 0 Å². The number of carbonyl (C=O) groups is 1. The van der Waals surface area contributed by atoms with Crippen LogP contribution >= 0.6 is 0 Å². The van der Waals surface area contributed by atoms with Crippen LogP contribution in [-0.4, -0.2) is 36.2 Å². The minimum Gasteiger partial charge on any atom is -0.443 e. The van der Waals surface area contributed by atoms with Gasteiger partial charge in [-0.3, -0.25) is 4.90 Å². The van der Waals surface area contributed by atoms with Gasteiger partial charge in [0.1, 0.15) is 6.10 Å². The number of hydrogen-bond acceptors (Lipinski definition) is 3. The molecule has 18 heavy (non-hydrogen) atoms. The van der Waals surface area contributed by atoms with E-state index < -0.39 is 0 Å². The summed E-state index contributed by atoms with van der Waals surface area (Å²) in [5.41, 5.74) is 1.32. The molecule has 2 heterocycles. The Bertz CT molecular complexity index is 421. The normalized spacial score (nSPS) is 28.1. The number of nitrogens with one attached hydrogen (secondary N) is 1. The minimum atomic E-state index is -0.272. The Labute approximate surface area is 107 Å². The Morgan fingerprint density at radius 3 is 2.89 bits per heavy atom. The molecule has 2 fully saturated rings. The Morgan fingerprint density at radius 1 is 1.33 bits per heavy atom. The molecule has 2 atom stereocenters. The first kappa shape index (κ1) is 11.5. The standard InChI is InChI=1S/C14H18N2O2/c17-14-15-9-13(18-14)12-7-4-8-16(12)10-11-5-2-1-3-6-11/h1-3,5-6,12-13H,4,7-10H2,(H,15,17). The fraction of sp³-hybridized carbons (Fsp3) is 0.500. The maximum absolute atomic E-state index is 11.1. The van der Waals surface area contributed by atoms with Crippen LogP contribution in [0.15, 0.2) is 30.3 Å². The highest BCUT2D eigenvalue weighted by molar-refractivity contribution is 5.69. The van der Waals surface area contributed by atoms with Gasteiger partial charge < -0.3 is 10.1 Å². The highest BCUT2D eigenvalue weighted by Gasteiger charge is 2.37. The van der Waals surface area contributed by atoms with Crippen LogP contribution < -0.4 is 5.32 Å². The number of carbonyl (C=O) groups excluding carboxylic acids is 1. The van der Waals surface area contributed by atoms with Crippen LogP contribution in [-0.2, 0) is 11.3 Å². The van der Waals surface area contributed by atoms with E-state index in [1.807, 2.05) is 6.07 Å². The lowest BCUT2D eigenvalue weighted by Gasteiger charge is -2.27. The van der Waals surface area contributed by atoms with Crippen molar-refractivity contribution in [1.82, 2.24) is 10.2 Å². The van der Waals surface area contributed by atoms with Crippen LogP contribution in [0.3, 0.4) is 0 Å². The first-order valence-corrected chi connectivity index (χ1v) is 6.55. The molecule has 4 nitrogen and oxygen atoms in total. The molecule has 4 heteroatoms. The zero-order valence-corrected chi connectivity index (χ0v) is 10.3. The number of amides is 1. The fourth-order valence-electron chi connectivity index (χ4n) is 2.91. The number of likely N-dealkylation sites (tertiary alicyclic amines) is 1. The topological polar surface area (TPSA) is 41.6 Å². The molecular formula is C14H18N2O2. The van der Waals surface area contributed by atoms with Crippen LogP contribution in [0.4, 0.5) is 4.79 Å². The Hall–Kier alpha value is -1.55. The number of benzene rings is 1. The van der Waals surface area contributed by atoms with Crippen molar-refractivity contribution in [3.63, 3.8) is 0 Å². The van der Waals surface area contributed by atoms with Gasteiger partial charge in [-0.15, -0.1) is 0 Å². The molecule has 96 valence electrons. The van der Waals surface area contributed by atoms with Crippen molar-refractivity contribution in [1.29, 1.82) is 0 Å². The Balaban J connectivity index is 1.66. The van der Waals surface area contributed by atoms with Gasteiger partial charge in [0.15, 0.2) is 0 Å². The molecule has 1 aromatic rings. The van der Waals surface area contributed by atoms with E-state index in [9.17, 15) is 4.79 Å². The van der Waals surface area contributed by atoms with Crippen molar-refractivity contribution in [3.05, 3.63) is 35.9 Å². The van der Waals surface area contributed by atoms with E-state index in [2.05, 4.69) is 34.5 Å².